The van der Waals surface area contributed by atoms with Crippen LogP contribution in [-0.2, 0) is 9.53 Å². The van der Waals surface area contributed by atoms with E-state index >= 15 is 0 Å². The minimum absolute atomic E-state index is 0.00926. The molecule has 2 aliphatic rings. The summed E-state index contributed by atoms with van der Waals surface area (Å²) in [6.07, 6.45) is 3.23. The van der Waals surface area contributed by atoms with Crippen molar-refractivity contribution in [3.63, 3.8) is 0 Å². The monoisotopic (exact) mass is 226 g/mol. The lowest BCUT2D eigenvalue weighted by molar-refractivity contribution is -0.124. The summed E-state index contributed by atoms with van der Waals surface area (Å²) < 4.78 is 5.65. The highest BCUT2D eigenvalue weighted by molar-refractivity contribution is 5.82. The predicted molar refractivity (Wildman–Crippen MR) is 62.2 cm³/mol. The molecule has 0 aliphatic carbocycles. The van der Waals surface area contributed by atoms with Crippen LogP contribution >= 0.6 is 0 Å². The molecular weight excluding hydrogens is 204 g/mol. The van der Waals surface area contributed by atoms with Gasteiger partial charge < -0.3 is 15.4 Å². The van der Waals surface area contributed by atoms with Crippen LogP contribution in [0.1, 0.15) is 33.1 Å². The van der Waals surface area contributed by atoms with Crippen molar-refractivity contribution < 1.29 is 9.53 Å². The van der Waals surface area contributed by atoms with Gasteiger partial charge >= 0.3 is 0 Å². The molecule has 0 aromatic carbocycles. The Kier molecular flexibility index (Phi) is 3.50. The number of ether oxygens (including phenoxy) is 1. The first-order valence-electron chi connectivity index (χ1n) is 6.26. The second kappa shape index (κ2) is 4.72. The van der Waals surface area contributed by atoms with Gasteiger partial charge in [0, 0.05) is 13.2 Å². The van der Waals surface area contributed by atoms with Crippen molar-refractivity contribution >= 4 is 5.91 Å². The molecule has 2 saturated heterocycles. The van der Waals surface area contributed by atoms with E-state index in [2.05, 4.69) is 24.5 Å². The van der Waals surface area contributed by atoms with Crippen LogP contribution in [0.4, 0.5) is 0 Å². The lowest BCUT2D eigenvalue weighted by atomic mass is 10.0. The largest absolute Gasteiger partial charge is 0.373 e. The quantitative estimate of drug-likeness (QED) is 0.743. The lowest BCUT2D eigenvalue weighted by Crippen LogP contribution is -2.48. The van der Waals surface area contributed by atoms with E-state index in [0.29, 0.717) is 12.5 Å². The Balaban J connectivity index is 1.79. The van der Waals surface area contributed by atoms with Crippen LogP contribution in [0.15, 0.2) is 0 Å². The van der Waals surface area contributed by atoms with Gasteiger partial charge in [-0.2, -0.15) is 0 Å². The molecule has 3 atom stereocenters. The minimum Gasteiger partial charge on any atom is -0.373 e. The van der Waals surface area contributed by atoms with E-state index < -0.39 is 0 Å². The van der Waals surface area contributed by atoms with Crippen molar-refractivity contribution in [1.29, 1.82) is 0 Å². The van der Waals surface area contributed by atoms with Crippen molar-refractivity contribution in [2.75, 3.05) is 19.7 Å². The van der Waals surface area contributed by atoms with Gasteiger partial charge in [0.15, 0.2) is 0 Å². The van der Waals surface area contributed by atoms with Crippen LogP contribution in [0.25, 0.3) is 0 Å². The summed E-state index contributed by atoms with van der Waals surface area (Å²) in [7, 11) is 0. The first-order chi connectivity index (χ1) is 7.61. The van der Waals surface area contributed by atoms with Crippen LogP contribution in [-0.4, -0.2) is 37.2 Å². The number of carbonyl (C=O) groups excluding carboxylic acids is 1. The zero-order valence-electron chi connectivity index (χ0n) is 10.2. The van der Waals surface area contributed by atoms with E-state index in [1.54, 1.807) is 0 Å². The second-order valence-electron chi connectivity index (χ2n) is 5.32. The van der Waals surface area contributed by atoms with Gasteiger partial charge in [0.25, 0.3) is 0 Å². The Hall–Kier alpha value is -0.610. The highest BCUT2D eigenvalue weighted by Crippen LogP contribution is 2.24. The maximum atomic E-state index is 11.9. The third-order valence-corrected chi connectivity index (χ3v) is 3.75. The molecule has 1 amide bonds. The Bertz CT molecular complexity index is 262. The van der Waals surface area contributed by atoms with Gasteiger partial charge in [-0.05, 0) is 38.6 Å². The first-order valence-corrected chi connectivity index (χ1v) is 6.26. The van der Waals surface area contributed by atoms with E-state index in [0.717, 1.165) is 32.4 Å². The van der Waals surface area contributed by atoms with E-state index in [1.807, 2.05) is 0 Å². The summed E-state index contributed by atoms with van der Waals surface area (Å²) >= 11 is 0. The molecule has 0 aromatic rings. The summed E-state index contributed by atoms with van der Waals surface area (Å²) in [5.74, 6) is 0.569. The van der Waals surface area contributed by atoms with Gasteiger partial charge in [-0.15, -0.1) is 0 Å². The average molecular weight is 226 g/mol. The Morgan fingerprint density at radius 3 is 3.00 bits per heavy atom. The standard InChI is InChI=1S/C12H22N2O2/c1-9-4-6-13-10(9)11(15)14-8-12(2)5-3-7-16-12/h9-10,13H,3-8H2,1-2H3,(H,14,15). The molecule has 0 radical (unpaired) electrons. The van der Waals surface area contributed by atoms with Gasteiger partial charge in [-0.3, -0.25) is 4.79 Å². The number of rotatable bonds is 3. The van der Waals surface area contributed by atoms with E-state index in [1.165, 1.54) is 0 Å². The van der Waals surface area contributed by atoms with Gasteiger partial charge in [-0.1, -0.05) is 6.92 Å². The highest BCUT2D eigenvalue weighted by atomic mass is 16.5. The minimum atomic E-state index is -0.141. The Labute approximate surface area is 97.1 Å². The normalized spacial score (nSPS) is 38.9. The molecule has 2 fully saturated rings. The number of hydrogen-bond donors (Lipinski definition) is 2. The average Bonchev–Trinajstić information content (AvgIpc) is 2.85. The molecule has 0 spiro atoms. The van der Waals surface area contributed by atoms with Crippen molar-refractivity contribution in [2.24, 2.45) is 5.92 Å². The van der Waals surface area contributed by atoms with Crippen molar-refractivity contribution in [3.8, 4) is 0 Å². The molecule has 0 bridgehead atoms. The molecule has 2 heterocycles. The van der Waals surface area contributed by atoms with Crippen LogP contribution in [0.3, 0.4) is 0 Å². The number of carbonyl (C=O) groups is 1. The summed E-state index contributed by atoms with van der Waals surface area (Å²) in [5, 5.41) is 6.25. The van der Waals surface area contributed by atoms with Crippen LogP contribution < -0.4 is 10.6 Å². The third kappa shape index (κ3) is 2.55. The summed E-state index contributed by atoms with van der Waals surface area (Å²) in [6, 6.07) is -0.00926. The van der Waals surface area contributed by atoms with E-state index in [-0.39, 0.29) is 17.6 Å². The molecule has 0 saturated carbocycles. The number of hydrogen-bond acceptors (Lipinski definition) is 3. The van der Waals surface area contributed by atoms with E-state index in [9.17, 15) is 4.79 Å². The molecule has 4 heteroatoms. The Morgan fingerprint density at radius 2 is 2.44 bits per heavy atom. The molecule has 3 unspecified atom stereocenters. The van der Waals surface area contributed by atoms with Crippen molar-refractivity contribution in [3.05, 3.63) is 0 Å². The fourth-order valence-electron chi connectivity index (χ4n) is 2.55. The molecule has 16 heavy (non-hydrogen) atoms. The fraction of sp³-hybridized carbons (Fsp3) is 0.917. The number of amides is 1. The second-order valence-corrected chi connectivity index (χ2v) is 5.32. The number of nitrogens with one attached hydrogen (secondary N) is 2. The molecule has 4 nitrogen and oxygen atoms in total. The van der Waals surface area contributed by atoms with Gasteiger partial charge in [0.1, 0.15) is 0 Å². The van der Waals surface area contributed by atoms with E-state index in [4.69, 9.17) is 4.74 Å². The highest BCUT2D eigenvalue weighted by Gasteiger charge is 2.33. The molecule has 92 valence electrons. The molecular formula is C12H22N2O2. The van der Waals surface area contributed by atoms with Gasteiger partial charge in [0.05, 0.1) is 11.6 Å². The molecule has 2 N–H and O–H groups in total. The van der Waals surface area contributed by atoms with Crippen LogP contribution in [0.5, 0.6) is 0 Å². The lowest BCUT2D eigenvalue weighted by Gasteiger charge is -2.25. The zero-order valence-corrected chi connectivity index (χ0v) is 10.2. The van der Waals surface area contributed by atoms with Gasteiger partial charge in [0.2, 0.25) is 5.91 Å². The Morgan fingerprint density at radius 1 is 1.62 bits per heavy atom. The van der Waals surface area contributed by atoms with Crippen LogP contribution in [0, 0.1) is 5.92 Å². The first kappa shape index (κ1) is 11.9. The molecule has 0 aromatic heterocycles. The summed E-state index contributed by atoms with van der Waals surface area (Å²) in [4.78, 5) is 11.9. The third-order valence-electron chi connectivity index (χ3n) is 3.75. The van der Waals surface area contributed by atoms with Crippen molar-refractivity contribution in [1.82, 2.24) is 10.6 Å². The zero-order chi connectivity index (χ0) is 11.6. The smallest absolute Gasteiger partial charge is 0.237 e. The summed E-state index contributed by atoms with van der Waals surface area (Å²) in [6.45, 7) is 6.61. The summed E-state index contributed by atoms with van der Waals surface area (Å²) in [5.41, 5.74) is -0.141. The molecule has 2 rings (SSSR count). The van der Waals surface area contributed by atoms with Crippen LogP contribution in [0.2, 0.25) is 0 Å². The van der Waals surface area contributed by atoms with Crippen molar-refractivity contribution in [2.45, 2.75) is 44.8 Å². The SMILES string of the molecule is CC1CCNC1C(=O)NCC1(C)CCCO1. The maximum Gasteiger partial charge on any atom is 0.237 e. The topological polar surface area (TPSA) is 50.4 Å². The predicted octanol–water partition coefficient (Wildman–Crippen LogP) is 0.670. The molecule has 2 aliphatic heterocycles. The fourth-order valence-corrected chi connectivity index (χ4v) is 2.55. The maximum absolute atomic E-state index is 11.9. The van der Waals surface area contributed by atoms with Gasteiger partial charge in [-0.25, -0.2) is 0 Å².